The number of rotatable bonds is 4. The molecule has 2 unspecified atom stereocenters. The Labute approximate surface area is 105 Å². The Hall–Kier alpha value is -0.570. The number of carbonyl (C=O) groups is 1. The zero-order chi connectivity index (χ0) is 12.3. The fourth-order valence-electron chi connectivity index (χ4n) is 3.51. The first-order valence-electron chi connectivity index (χ1n) is 7.15. The second kappa shape index (κ2) is 5.38. The lowest BCUT2D eigenvalue weighted by atomic mass is 9.85. The lowest BCUT2D eigenvalue weighted by Crippen LogP contribution is -2.45. The van der Waals surface area contributed by atoms with Gasteiger partial charge in [0.1, 0.15) is 0 Å². The standard InChI is InChI=1S/C14H26N2O/c1-11-4-5-12(8-11)9-16-13(17)14(10-15)6-2-3-7-14/h11-12H,2-10,15H2,1H3,(H,16,17). The molecule has 0 radical (unpaired) electrons. The highest BCUT2D eigenvalue weighted by Gasteiger charge is 2.39. The van der Waals surface area contributed by atoms with Crippen molar-refractivity contribution in [2.24, 2.45) is 23.0 Å². The average molecular weight is 238 g/mol. The van der Waals surface area contributed by atoms with E-state index in [9.17, 15) is 4.79 Å². The van der Waals surface area contributed by atoms with Crippen LogP contribution in [0.4, 0.5) is 0 Å². The summed E-state index contributed by atoms with van der Waals surface area (Å²) in [6.45, 7) is 3.69. The maximum absolute atomic E-state index is 12.2. The molecule has 2 rings (SSSR count). The summed E-state index contributed by atoms with van der Waals surface area (Å²) in [5.74, 6) is 1.76. The second-order valence-electron chi connectivity index (χ2n) is 6.19. The van der Waals surface area contributed by atoms with Gasteiger partial charge in [0, 0.05) is 13.1 Å². The highest BCUT2D eigenvalue weighted by atomic mass is 16.2. The molecule has 0 saturated heterocycles. The van der Waals surface area contributed by atoms with Crippen molar-refractivity contribution in [3.8, 4) is 0 Å². The molecule has 0 aromatic rings. The smallest absolute Gasteiger partial charge is 0.227 e. The van der Waals surface area contributed by atoms with Crippen molar-refractivity contribution in [2.45, 2.75) is 51.9 Å². The third-order valence-electron chi connectivity index (χ3n) is 4.79. The molecule has 1 amide bonds. The van der Waals surface area contributed by atoms with Gasteiger partial charge in [-0.25, -0.2) is 0 Å². The number of nitrogens with two attached hydrogens (primary N) is 1. The summed E-state index contributed by atoms with van der Waals surface area (Å²) in [5.41, 5.74) is 5.58. The predicted molar refractivity (Wildman–Crippen MR) is 69.5 cm³/mol. The molecule has 0 heterocycles. The van der Waals surface area contributed by atoms with Crippen molar-refractivity contribution in [2.75, 3.05) is 13.1 Å². The Balaban J connectivity index is 1.80. The van der Waals surface area contributed by atoms with Crippen molar-refractivity contribution in [3.05, 3.63) is 0 Å². The van der Waals surface area contributed by atoms with Gasteiger partial charge in [-0.3, -0.25) is 4.79 Å². The van der Waals surface area contributed by atoms with Crippen LogP contribution in [0.5, 0.6) is 0 Å². The number of hydrogen-bond donors (Lipinski definition) is 2. The fourth-order valence-corrected chi connectivity index (χ4v) is 3.51. The normalized spacial score (nSPS) is 31.6. The van der Waals surface area contributed by atoms with E-state index in [0.29, 0.717) is 12.5 Å². The van der Waals surface area contributed by atoms with E-state index < -0.39 is 0 Å². The molecular weight excluding hydrogens is 212 g/mol. The molecule has 0 spiro atoms. The van der Waals surface area contributed by atoms with E-state index in [1.807, 2.05) is 0 Å². The number of amides is 1. The summed E-state index contributed by atoms with van der Waals surface area (Å²) in [7, 11) is 0. The van der Waals surface area contributed by atoms with E-state index in [1.165, 1.54) is 19.3 Å². The van der Waals surface area contributed by atoms with Gasteiger partial charge in [-0.1, -0.05) is 26.2 Å². The fraction of sp³-hybridized carbons (Fsp3) is 0.929. The van der Waals surface area contributed by atoms with E-state index >= 15 is 0 Å². The van der Waals surface area contributed by atoms with Gasteiger partial charge in [0.05, 0.1) is 5.41 Å². The molecule has 2 aliphatic rings. The lowest BCUT2D eigenvalue weighted by Gasteiger charge is -2.26. The summed E-state index contributed by atoms with van der Waals surface area (Å²) in [4.78, 5) is 12.2. The van der Waals surface area contributed by atoms with Crippen LogP contribution < -0.4 is 11.1 Å². The van der Waals surface area contributed by atoms with Crippen molar-refractivity contribution in [3.63, 3.8) is 0 Å². The Bertz CT molecular complexity index is 271. The SMILES string of the molecule is CC1CCC(CNC(=O)C2(CN)CCCC2)C1. The molecule has 0 bridgehead atoms. The predicted octanol–water partition coefficient (Wildman–Crippen LogP) is 2.06. The summed E-state index contributed by atoms with van der Waals surface area (Å²) in [6.07, 6.45) is 8.15. The van der Waals surface area contributed by atoms with Gasteiger partial charge in [-0.15, -0.1) is 0 Å². The van der Waals surface area contributed by atoms with Crippen LogP contribution in [0.3, 0.4) is 0 Å². The molecule has 3 heteroatoms. The van der Waals surface area contributed by atoms with Crippen LogP contribution in [0.1, 0.15) is 51.9 Å². The molecule has 2 atom stereocenters. The number of nitrogens with one attached hydrogen (secondary N) is 1. The largest absolute Gasteiger partial charge is 0.355 e. The van der Waals surface area contributed by atoms with Crippen LogP contribution >= 0.6 is 0 Å². The first-order valence-corrected chi connectivity index (χ1v) is 7.15. The van der Waals surface area contributed by atoms with Crippen molar-refractivity contribution in [1.82, 2.24) is 5.32 Å². The molecule has 0 aromatic heterocycles. The van der Waals surface area contributed by atoms with Crippen molar-refractivity contribution >= 4 is 5.91 Å². The van der Waals surface area contributed by atoms with Gasteiger partial charge in [0.25, 0.3) is 0 Å². The van der Waals surface area contributed by atoms with Crippen LogP contribution in [0, 0.1) is 17.3 Å². The molecule has 2 saturated carbocycles. The molecule has 17 heavy (non-hydrogen) atoms. The molecule has 2 aliphatic carbocycles. The number of hydrogen-bond acceptors (Lipinski definition) is 2. The maximum atomic E-state index is 12.2. The average Bonchev–Trinajstić information content (AvgIpc) is 2.95. The van der Waals surface area contributed by atoms with Crippen molar-refractivity contribution in [1.29, 1.82) is 0 Å². The highest BCUT2D eigenvalue weighted by molar-refractivity contribution is 5.83. The minimum absolute atomic E-state index is 0.219. The monoisotopic (exact) mass is 238 g/mol. The van der Waals surface area contributed by atoms with Gasteiger partial charge >= 0.3 is 0 Å². The zero-order valence-corrected chi connectivity index (χ0v) is 11.0. The third kappa shape index (κ3) is 2.82. The van der Waals surface area contributed by atoms with Gasteiger partial charge in [0.15, 0.2) is 0 Å². The first kappa shape index (κ1) is 12.9. The van der Waals surface area contributed by atoms with E-state index in [0.717, 1.165) is 38.1 Å². The van der Waals surface area contributed by atoms with Gasteiger partial charge in [0.2, 0.25) is 5.91 Å². The highest BCUT2D eigenvalue weighted by Crippen LogP contribution is 2.37. The van der Waals surface area contributed by atoms with Crippen LogP contribution in [0.2, 0.25) is 0 Å². The van der Waals surface area contributed by atoms with E-state index in [4.69, 9.17) is 5.73 Å². The lowest BCUT2D eigenvalue weighted by molar-refractivity contribution is -0.130. The molecule has 3 N–H and O–H groups in total. The Kier molecular flexibility index (Phi) is 4.08. The van der Waals surface area contributed by atoms with Gasteiger partial charge in [-0.05, 0) is 37.5 Å². The zero-order valence-electron chi connectivity index (χ0n) is 11.0. The molecular formula is C14H26N2O. The van der Waals surface area contributed by atoms with Gasteiger partial charge < -0.3 is 11.1 Å². The van der Waals surface area contributed by atoms with Crippen LogP contribution in [0.15, 0.2) is 0 Å². The summed E-state index contributed by atoms with van der Waals surface area (Å²) < 4.78 is 0. The van der Waals surface area contributed by atoms with E-state index in [1.54, 1.807) is 0 Å². The van der Waals surface area contributed by atoms with E-state index in [-0.39, 0.29) is 11.3 Å². The third-order valence-corrected chi connectivity index (χ3v) is 4.79. The minimum Gasteiger partial charge on any atom is -0.355 e. The summed E-state index contributed by atoms with van der Waals surface area (Å²) in [5, 5.41) is 3.16. The second-order valence-corrected chi connectivity index (χ2v) is 6.19. The van der Waals surface area contributed by atoms with Crippen LogP contribution in [-0.2, 0) is 4.79 Å². The van der Waals surface area contributed by atoms with E-state index in [2.05, 4.69) is 12.2 Å². The summed E-state index contributed by atoms with van der Waals surface area (Å²) in [6, 6.07) is 0. The molecule has 0 aliphatic heterocycles. The molecule has 3 nitrogen and oxygen atoms in total. The molecule has 0 aromatic carbocycles. The van der Waals surface area contributed by atoms with Crippen LogP contribution in [0.25, 0.3) is 0 Å². The Morgan fingerprint density at radius 3 is 2.59 bits per heavy atom. The van der Waals surface area contributed by atoms with Gasteiger partial charge in [-0.2, -0.15) is 0 Å². The molecule has 2 fully saturated rings. The minimum atomic E-state index is -0.232. The topological polar surface area (TPSA) is 55.1 Å². The quantitative estimate of drug-likeness (QED) is 0.787. The summed E-state index contributed by atoms with van der Waals surface area (Å²) >= 11 is 0. The van der Waals surface area contributed by atoms with Crippen LogP contribution in [-0.4, -0.2) is 19.0 Å². The Morgan fingerprint density at radius 1 is 1.35 bits per heavy atom. The molecule has 98 valence electrons. The van der Waals surface area contributed by atoms with Crippen molar-refractivity contribution < 1.29 is 4.79 Å². The first-order chi connectivity index (χ1) is 8.16. The maximum Gasteiger partial charge on any atom is 0.227 e. The Morgan fingerprint density at radius 2 is 2.06 bits per heavy atom. The number of carbonyl (C=O) groups excluding carboxylic acids is 1.